The minimum atomic E-state index is -0.636. The molecule has 2 amide bonds. The van der Waals surface area contributed by atoms with Gasteiger partial charge < -0.3 is 24.9 Å². The molecule has 2 aromatic heterocycles. The van der Waals surface area contributed by atoms with E-state index in [-0.39, 0.29) is 18.1 Å². The van der Waals surface area contributed by atoms with E-state index in [9.17, 15) is 9.59 Å². The summed E-state index contributed by atoms with van der Waals surface area (Å²) in [6.07, 6.45) is -0.592. The van der Waals surface area contributed by atoms with E-state index in [2.05, 4.69) is 15.3 Å². The average Bonchev–Trinajstić information content (AvgIpc) is 3.14. The zero-order valence-corrected chi connectivity index (χ0v) is 20.0. The third-order valence-electron chi connectivity index (χ3n) is 4.72. The standard InChI is InChI=1S/C25H30N4O5/c1-15(27-24(31)34-25(3,4)5)23-29-20(16(2)33-23)21-19(22(26)30)12-11-18(28-21)14-32-13-17-9-7-6-8-10-17/h6-12,15H,13-14H2,1-5H3,(H2,26,30)(H,27,31)/t15-/m0/s1. The van der Waals surface area contributed by atoms with Crippen LogP contribution in [0.1, 0.15) is 67.0 Å². The number of carbonyl (C=O) groups excluding carboxylic acids is 2. The van der Waals surface area contributed by atoms with Crippen LogP contribution in [0.3, 0.4) is 0 Å². The van der Waals surface area contributed by atoms with Crippen LogP contribution in [-0.2, 0) is 22.7 Å². The second kappa shape index (κ2) is 10.5. The van der Waals surface area contributed by atoms with Gasteiger partial charge in [0.15, 0.2) is 0 Å². The van der Waals surface area contributed by atoms with Crippen LogP contribution >= 0.6 is 0 Å². The van der Waals surface area contributed by atoms with Gasteiger partial charge in [-0.1, -0.05) is 30.3 Å². The topological polar surface area (TPSA) is 130 Å². The van der Waals surface area contributed by atoms with Gasteiger partial charge in [0.1, 0.15) is 28.8 Å². The highest BCUT2D eigenvalue weighted by Crippen LogP contribution is 2.28. The van der Waals surface area contributed by atoms with Crippen molar-refractivity contribution in [2.45, 2.75) is 59.5 Å². The smallest absolute Gasteiger partial charge is 0.408 e. The third-order valence-corrected chi connectivity index (χ3v) is 4.72. The van der Waals surface area contributed by atoms with Gasteiger partial charge in [-0.15, -0.1) is 0 Å². The van der Waals surface area contributed by atoms with Crippen molar-refractivity contribution in [3.8, 4) is 11.4 Å². The summed E-state index contributed by atoms with van der Waals surface area (Å²) in [7, 11) is 0. The Kier molecular flexibility index (Phi) is 7.68. The van der Waals surface area contributed by atoms with Gasteiger partial charge in [0.25, 0.3) is 5.91 Å². The first-order chi connectivity index (χ1) is 16.0. The van der Waals surface area contributed by atoms with E-state index >= 15 is 0 Å². The minimum Gasteiger partial charge on any atom is -0.444 e. The van der Waals surface area contributed by atoms with Crippen molar-refractivity contribution in [1.29, 1.82) is 0 Å². The molecule has 0 saturated carbocycles. The Morgan fingerprint density at radius 1 is 1.06 bits per heavy atom. The maximum absolute atomic E-state index is 12.1. The van der Waals surface area contributed by atoms with E-state index < -0.39 is 23.6 Å². The van der Waals surface area contributed by atoms with Crippen molar-refractivity contribution >= 4 is 12.0 Å². The number of rotatable bonds is 8. The van der Waals surface area contributed by atoms with Crippen LogP contribution in [0.25, 0.3) is 11.4 Å². The highest BCUT2D eigenvalue weighted by molar-refractivity contribution is 5.98. The minimum absolute atomic E-state index is 0.211. The Morgan fingerprint density at radius 2 is 1.76 bits per heavy atom. The average molecular weight is 467 g/mol. The quantitative estimate of drug-likeness (QED) is 0.502. The van der Waals surface area contributed by atoms with Gasteiger partial charge >= 0.3 is 6.09 Å². The molecular weight excluding hydrogens is 436 g/mol. The van der Waals surface area contributed by atoms with Crippen LogP contribution in [0.15, 0.2) is 46.9 Å². The predicted molar refractivity (Wildman–Crippen MR) is 126 cm³/mol. The Morgan fingerprint density at radius 3 is 2.41 bits per heavy atom. The molecule has 0 aliphatic carbocycles. The molecule has 0 saturated heterocycles. The summed E-state index contributed by atoms with van der Waals surface area (Å²) in [4.78, 5) is 33.2. The molecular formula is C25H30N4O5. The van der Waals surface area contributed by atoms with Crippen molar-refractivity contribution in [2.24, 2.45) is 5.73 Å². The van der Waals surface area contributed by atoms with Crippen LogP contribution in [0.2, 0.25) is 0 Å². The molecule has 0 spiro atoms. The number of aromatic nitrogens is 2. The lowest BCUT2D eigenvalue weighted by molar-refractivity contribution is 0.0500. The molecule has 1 atom stereocenters. The monoisotopic (exact) mass is 466 g/mol. The molecule has 0 bridgehead atoms. The first kappa shape index (κ1) is 24.9. The van der Waals surface area contributed by atoms with Crippen LogP contribution in [0.4, 0.5) is 4.79 Å². The van der Waals surface area contributed by atoms with Crippen LogP contribution in [-0.4, -0.2) is 27.6 Å². The number of alkyl carbamates (subject to hydrolysis) is 1. The molecule has 0 unspecified atom stereocenters. The van der Waals surface area contributed by atoms with E-state index in [1.54, 1.807) is 46.8 Å². The largest absolute Gasteiger partial charge is 0.444 e. The van der Waals surface area contributed by atoms with E-state index in [4.69, 9.17) is 19.6 Å². The molecule has 0 aliphatic rings. The molecule has 2 heterocycles. The molecule has 0 fully saturated rings. The normalized spacial score (nSPS) is 12.3. The molecule has 180 valence electrons. The van der Waals surface area contributed by atoms with Crippen molar-refractivity contribution in [2.75, 3.05) is 0 Å². The fraction of sp³-hybridized carbons (Fsp3) is 0.360. The molecule has 3 N–H and O–H groups in total. The van der Waals surface area contributed by atoms with E-state index in [0.717, 1.165) is 5.56 Å². The lowest BCUT2D eigenvalue weighted by atomic mass is 10.1. The molecule has 9 heteroatoms. The number of oxazole rings is 1. The highest BCUT2D eigenvalue weighted by Gasteiger charge is 2.24. The Bertz CT molecular complexity index is 1150. The molecule has 0 aliphatic heterocycles. The number of hydrogen-bond donors (Lipinski definition) is 2. The van der Waals surface area contributed by atoms with Crippen LogP contribution in [0, 0.1) is 6.92 Å². The number of nitrogens with one attached hydrogen (secondary N) is 1. The summed E-state index contributed by atoms with van der Waals surface area (Å²) in [5.41, 5.74) is 7.47. The summed E-state index contributed by atoms with van der Waals surface area (Å²) < 4.78 is 16.8. The Balaban J connectivity index is 1.80. The number of pyridine rings is 1. The van der Waals surface area contributed by atoms with Gasteiger partial charge in [0.2, 0.25) is 5.89 Å². The van der Waals surface area contributed by atoms with Gasteiger partial charge in [-0.3, -0.25) is 4.79 Å². The Hall–Kier alpha value is -3.72. The van der Waals surface area contributed by atoms with Gasteiger partial charge in [0, 0.05) is 0 Å². The van der Waals surface area contributed by atoms with E-state index in [1.165, 1.54) is 0 Å². The maximum Gasteiger partial charge on any atom is 0.408 e. The lowest BCUT2D eigenvalue weighted by Crippen LogP contribution is -2.34. The summed E-state index contributed by atoms with van der Waals surface area (Å²) in [6.45, 7) is 9.42. The molecule has 3 aromatic rings. The van der Waals surface area contributed by atoms with Crippen molar-refractivity contribution < 1.29 is 23.5 Å². The third kappa shape index (κ3) is 6.64. The summed E-state index contributed by atoms with van der Waals surface area (Å²) in [5, 5.41) is 2.69. The SMILES string of the molecule is Cc1oc([C@H](C)NC(=O)OC(C)(C)C)nc1-c1nc(COCc2ccccc2)ccc1C(N)=O. The number of primary amides is 1. The Labute approximate surface area is 198 Å². The number of amides is 2. The van der Waals surface area contributed by atoms with Crippen molar-refractivity contribution in [3.63, 3.8) is 0 Å². The number of hydrogen-bond acceptors (Lipinski definition) is 7. The zero-order valence-electron chi connectivity index (χ0n) is 20.0. The van der Waals surface area contributed by atoms with Gasteiger partial charge in [0.05, 0.1) is 24.5 Å². The molecule has 3 rings (SSSR count). The first-order valence-corrected chi connectivity index (χ1v) is 10.9. The second-order valence-corrected chi connectivity index (χ2v) is 8.87. The number of aryl methyl sites for hydroxylation is 1. The molecule has 34 heavy (non-hydrogen) atoms. The summed E-state index contributed by atoms with van der Waals surface area (Å²) in [6, 6.07) is 12.5. The van der Waals surface area contributed by atoms with E-state index in [1.807, 2.05) is 30.3 Å². The van der Waals surface area contributed by atoms with Crippen LogP contribution in [0.5, 0.6) is 0 Å². The van der Waals surface area contributed by atoms with Gasteiger partial charge in [-0.05, 0) is 52.3 Å². The van der Waals surface area contributed by atoms with Gasteiger partial charge in [-0.25, -0.2) is 14.8 Å². The number of ether oxygens (including phenoxy) is 2. The maximum atomic E-state index is 12.1. The number of nitrogens with zero attached hydrogens (tertiary/aromatic N) is 2. The number of nitrogens with two attached hydrogens (primary N) is 1. The van der Waals surface area contributed by atoms with Gasteiger partial charge in [-0.2, -0.15) is 0 Å². The van der Waals surface area contributed by atoms with Crippen molar-refractivity contribution in [1.82, 2.24) is 15.3 Å². The number of benzene rings is 1. The second-order valence-electron chi connectivity index (χ2n) is 8.87. The molecule has 1 aromatic carbocycles. The highest BCUT2D eigenvalue weighted by atomic mass is 16.6. The first-order valence-electron chi connectivity index (χ1n) is 10.9. The zero-order chi connectivity index (χ0) is 24.9. The van der Waals surface area contributed by atoms with Crippen LogP contribution < -0.4 is 11.1 Å². The van der Waals surface area contributed by atoms with E-state index in [0.29, 0.717) is 29.4 Å². The van der Waals surface area contributed by atoms with Crippen molar-refractivity contribution in [3.05, 3.63) is 70.9 Å². The fourth-order valence-corrected chi connectivity index (χ4v) is 3.17. The summed E-state index contributed by atoms with van der Waals surface area (Å²) in [5.74, 6) is 0.0506. The summed E-state index contributed by atoms with van der Waals surface area (Å²) >= 11 is 0. The fourth-order valence-electron chi connectivity index (χ4n) is 3.17. The lowest BCUT2D eigenvalue weighted by Gasteiger charge is -2.21. The number of carbonyl (C=O) groups is 2. The molecule has 0 radical (unpaired) electrons. The predicted octanol–water partition coefficient (Wildman–Crippen LogP) is 4.45. The molecule has 9 nitrogen and oxygen atoms in total.